The topological polar surface area (TPSA) is 43.8 Å². The molecular weight excluding hydrogens is 445 g/mol. The number of aliphatic imine (C=N–C) groups is 1. The van der Waals surface area contributed by atoms with Crippen LogP contribution in [0.25, 0.3) is 0 Å². The van der Waals surface area contributed by atoms with Crippen molar-refractivity contribution in [3.05, 3.63) is 23.9 Å². The number of aromatic nitrogens is 1. The zero-order chi connectivity index (χ0) is 17.0. The van der Waals surface area contributed by atoms with Crippen LogP contribution in [-0.4, -0.2) is 59.6 Å². The van der Waals surface area contributed by atoms with Crippen molar-refractivity contribution in [1.82, 2.24) is 15.2 Å². The molecule has 0 bridgehead atoms. The van der Waals surface area contributed by atoms with Gasteiger partial charge in [0.2, 0.25) is 0 Å². The van der Waals surface area contributed by atoms with Gasteiger partial charge in [-0.05, 0) is 38.3 Å². The first kappa shape index (κ1) is 20.6. The molecule has 0 aromatic carbocycles. The molecule has 2 aliphatic heterocycles. The Morgan fingerprint density at radius 1 is 1.28 bits per heavy atom. The second kappa shape index (κ2) is 9.30. The number of rotatable bonds is 3. The number of nitrogens with zero attached hydrogens (tertiary/aromatic N) is 4. The number of nitrogens with one attached hydrogen (secondary N) is 1. The summed E-state index contributed by atoms with van der Waals surface area (Å²) in [5, 5.41) is 3.50. The summed E-state index contributed by atoms with van der Waals surface area (Å²) in [5.74, 6) is 3.25. The molecule has 1 aromatic heterocycles. The van der Waals surface area contributed by atoms with Crippen LogP contribution in [-0.2, 0) is 6.54 Å². The van der Waals surface area contributed by atoms with E-state index in [4.69, 9.17) is 0 Å². The van der Waals surface area contributed by atoms with Crippen LogP contribution in [0.15, 0.2) is 23.3 Å². The number of anilines is 1. The number of hydrogen-bond donors (Lipinski definition) is 1. The molecule has 3 heterocycles. The Labute approximate surface area is 173 Å². The van der Waals surface area contributed by atoms with Gasteiger partial charge in [0.25, 0.3) is 0 Å². The molecule has 0 atom stereocenters. The van der Waals surface area contributed by atoms with Crippen LogP contribution in [0.1, 0.15) is 32.3 Å². The van der Waals surface area contributed by atoms with Gasteiger partial charge in [0, 0.05) is 56.5 Å². The maximum absolute atomic E-state index is 4.63. The average Bonchev–Trinajstić information content (AvgIpc) is 3.10. The minimum Gasteiger partial charge on any atom is -0.357 e. The SMILES string of the molecule is CN=C(NCc1ccc(N2CCCC2)nc1)N1CCSC(C)(C)C1.I. The Hall–Kier alpha value is -0.700. The fraction of sp³-hybridized carbons (Fsp3) is 0.667. The molecule has 0 amide bonds. The summed E-state index contributed by atoms with van der Waals surface area (Å²) in [7, 11) is 1.87. The third kappa shape index (κ3) is 5.64. The van der Waals surface area contributed by atoms with E-state index in [0.29, 0.717) is 0 Å². The van der Waals surface area contributed by atoms with Crippen molar-refractivity contribution in [3.8, 4) is 0 Å². The fourth-order valence-electron chi connectivity index (χ4n) is 3.37. The zero-order valence-corrected chi connectivity index (χ0v) is 18.6. The largest absolute Gasteiger partial charge is 0.357 e. The van der Waals surface area contributed by atoms with Crippen molar-refractivity contribution in [1.29, 1.82) is 0 Å². The van der Waals surface area contributed by atoms with E-state index < -0.39 is 0 Å². The second-order valence-corrected chi connectivity index (χ2v) is 8.95. The maximum atomic E-state index is 4.63. The van der Waals surface area contributed by atoms with Gasteiger partial charge in [-0.2, -0.15) is 11.8 Å². The number of guanidine groups is 1. The predicted octanol–water partition coefficient (Wildman–Crippen LogP) is 3.20. The third-order valence-corrected chi connectivity index (χ3v) is 5.92. The highest BCUT2D eigenvalue weighted by molar-refractivity contribution is 14.0. The highest BCUT2D eigenvalue weighted by Gasteiger charge is 2.28. The summed E-state index contributed by atoms with van der Waals surface area (Å²) in [6.07, 6.45) is 4.56. The first-order chi connectivity index (χ1) is 11.6. The first-order valence-corrected chi connectivity index (χ1v) is 9.85. The lowest BCUT2D eigenvalue weighted by molar-refractivity contribution is 0.375. The van der Waals surface area contributed by atoms with Gasteiger partial charge < -0.3 is 15.1 Å². The van der Waals surface area contributed by atoms with Gasteiger partial charge in [-0.15, -0.1) is 24.0 Å². The summed E-state index contributed by atoms with van der Waals surface area (Å²) < 4.78 is 0.287. The molecule has 2 saturated heterocycles. The van der Waals surface area contributed by atoms with E-state index in [1.807, 2.05) is 25.0 Å². The lowest BCUT2D eigenvalue weighted by atomic mass is 10.2. The predicted molar refractivity (Wildman–Crippen MR) is 119 cm³/mol. The standard InChI is InChI=1S/C18H29N5S.HI/c1-18(2)14-23(10-11-24-18)17(19-3)21-13-15-6-7-16(20-12-15)22-8-4-5-9-22;/h6-7,12H,4-5,8-11,13-14H2,1-3H3,(H,19,21);1H. The van der Waals surface area contributed by atoms with E-state index in [0.717, 1.165) is 50.3 Å². The summed E-state index contributed by atoms with van der Waals surface area (Å²) in [6.45, 7) is 9.74. The molecule has 25 heavy (non-hydrogen) atoms. The van der Waals surface area contributed by atoms with Crippen molar-refractivity contribution in [3.63, 3.8) is 0 Å². The van der Waals surface area contributed by atoms with Crippen molar-refractivity contribution >= 4 is 47.5 Å². The lowest BCUT2D eigenvalue weighted by Crippen LogP contribution is -2.50. The molecule has 5 nitrogen and oxygen atoms in total. The Balaban J connectivity index is 0.00000225. The van der Waals surface area contributed by atoms with Gasteiger partial charge in [0.05, 0.1) is 0 Å². The zero-order valence-electron chi connectivity index (χ0n) is 15.5. The monoisotopic (exact) mass is 475 g/mol. The number of halogens is 1. The molecule has 0 aliphatic carbocycles. The van der Waals surface area contributed by atoms with Crippen LogP contribution in [0.5, 0.6) is 0 Å². The van der Waals surface area contributed by atoms with Gasteiger partial charge in [-0.3, -0.25) is 4.99 Å². The Bertz CT molecular complexity index is 569. The minimum absolute atomic E-state index is 0. The summed E-state index contributed by atoms with van der Waals surface area (Å²) >= 11 is 2.04. The fourth-order valence-corrected chi connectivity index (χ4v) is 4.48. The molecule has 0 unspecified atom stereocenters. The number of hydrogen-bond acceptors (Lipinski definition) is 4. The average molecular weight is 475 g/mol. The Morgan fingerprint density at radius 2 is 2.04 bits per heavy atom. The van der Waals surface area contributed by atoms with Crippen molar-refractivity contribution in [2.45, 2.75) is 38.0 Å². The lowest BCUT2D eigenvalue weighted by Gasteiger charge is -2.39. The summed E-state index contributed by atoms with van der Waals surface area (Å²) in [6, 6.07) is 4.32. The number of pyridine rings is 1. The first-order valence-electron chi connectivity index (χ1n) is 8.87. The number of thioether (sulfide) groups is 1. The quantitative estimate of drug-likeness (QED) is 0.413. The van der Waals surface area contributed by atoms with Crippen LogP contribution >= 0.6 is 35.7 Å². The molecule has 0 saturated carbocycles. The van der Waals surface area contributed by atoms with E-state index in [1.165, 1.54) is 18.4 Å². The highest BCUT2D eigenvalue weighted by atomic mass is 127. The van der Waals surface area contributed by atoms with Gasteiger partial charge in [0.15, 0.2) is 5.96 Å². The van der Waals surface area contributed by atoms with Crippen molar-refractivity contribution < 1.29 is 0 Å². The normalized spacial score (nSPS) is 20.4. The third-order valence-electron chi connectivity index (χ3n) is 4.63. The van der Waals surface area contributed by atoms with Gasteiger partial charge in [-0.1, -0.05) is 6.07 Å². The highest BCUT2D eigenvalue weighted by Crippen LogP contribution is 2.29. The molecule has 7 heteroatoms. The van der Waals surface area contributed by atoms with Crippen molar-refractivity contribution in [2.24, 2.45) is 4.99 Å². The van der Waals surface area contributed by atoms with Gasteiger partial charge >= 0.3 is 0 Å². The van der Waals surface area contributed by atoms with E-state index in [9.17, 15) is 0 Å². The van der Waals surface area contributed by atoms with E-state index in [1.54, 1.807) is 0 Å². The van der Waals surface area contributed by atoms with Crippen LogP contribution in [0.4, 0.5) is 5.82 Å². The molecule has 2 aliphatic rings. The van der Waals surface area contributed by atoms with E-state index in [-0.39, 0.29) is 28.7 Å². The minimum atomic E-state index is 0. The molecule has 1 aromatic rings. The van der Waals surface area contributed by atoms with E-state index in [2.05, 4.69) is 51.1 Å². The molecule has 0 radical (unpaired) electrons. The molecule has 1 N–H and O–H groups in total. The van der Waals surface area contributed by atoms with Crippen LogP contribution < -0.4 is 10.2 Å². The van der Waals surface area contributed by atoms with Crippen molar-refractivity contribution in [2.75, 3.05) is 43.9 Å². The summed E-state index contributed by atoms with van der Waals surface area (Å²) in [4.78, 5) is 13.8. The van der Waals surface area contributed by atoms with Crippen LogP contribution in [0.3, 0.4) is 0 Å². The summed E-state index contributed by atoms with van der Waals surface area (Å²) in [5.41, 5.74) is 1.20. The maximum Gasteiger partial charge on any atom is 0.193 e. The second-order valence-electron chi connectivity index (χ2n) is 7.15. The molecular formula is C18H30IN5S. The Kier molecular flexibility index (Phi) is 7.67. The molecule has 3 rings (SSSR count). The molecule has 0 spiro atoms. The molecule has 140 valence electrons. The van der Waals surface area contributed by atoms with E-state index >= 15 is 0 Å². The van der Waals surface area contributed by atoms with Gasteiger partial charge in [-0.25, -0.2) is 4.98 Å². The smallest absolute Gasteiger partial charge is 0.193 e. The molecule has 2 fully saturated rings. The Morgan fingerprint density at radius 3 is 2.64 bits per heavy atom. The van der Waals surface area contributed by atoms with Gasteiger partial charge in [0.1, 0.15) is 5.82 Å². The van der Waals surface area contributed by atoms with Crippen LogP contribution in [0, 0.1) is 0 Å². The van der Waals surface area contributed by atoms with Crippen LogP contribution in [0.2, 0.25) is 0 Å².